The highest BCUT2D eigenvalue weighted by Crippen LogP contribution is 2.36. The number of aryl methyl sites for hydroxylation is 1. The molecule has 1 aliphatic rings. The molecular weight excluding hydrogens is 402 g/mol. The molecule has 2 aromatic carbocycles. The molecule has 2 amide bonds. The van der Waals surface area contributed by atoms with Crippen molar-refractivity contribution >= 4 is 54.3 Å². The monoisotopic (exact) mass is 416 g/mol. The minimum absolute atomic E-state index is 0.166. The number of urea groups is 1. The Kier molecular flexibility index (Phi) is 4.02. The van der Waals surface area contributed by atoms with Gasteiger partial charge in [-0.15, -0.1) is 11.3 Å². The first-order valence-corrected chi connectivity index (χ1v) is 10.3. The lowest BCUT2D eigenvalue weighted by Gasteiger charge is -2.28. The fourth-order valence-electron chi connectivity index (χ4n) is 3.49. The van der Waals surface area contributed by atoms with E-state index in [0.717, 1.165) is 31.5 Å². The lowest BCUT2D eigenvalue weighted by Crippen LogP contribution is -2.39. The van der Waals surface area contributed by atoms with E-state index >= 15 is 0 Å². The third kappa shape index (κ3) is 2.91. The van der Waals surface area contributed by atoms with Crippen molar-refractivity contribution in [3.63, 3.8) is 0 Å². The molecular formula is C19H14F2N4OS2. The Morgan fingerprint density at radius 3 is 2.71 bits per heavy atom. The number of nitrogens with zero attached hydrogens (tertiary/aromatic N) is 3. The van der Waals surface area contributed by atoms with Crippen LogP contribution in [0.15, 0.2) is 24.3 Å². The van der Waals surface area contributed by atoms with Gasteiger partial charge in [0.25, 0.3) is 0 Å². The summed E-state index contributed by atoms with van der Waals surface area (Å²) in [6.45, 7) is 2.49. The predicted molar refractivity (Wildman–Crippen MR) is 107 cm³/mol. The van der Waals surface area contributed by atoms with Gasteiger partial charge < -0.3 is 4.90 Å². The molecule has 5 nitrogen and oxygen atoms in total. The highest BCUT2D eigenvalue weighted by molar-refractivity contribution is 7.28. The Balaban J connectivity index is 1.40. The van der Waals surface area contributed by atoms with Gasteiger partial charge in [-0.1, -0.05) is 11.3 Å². The van der Waals surface area contributed by atoms with Crippen LogP contribution in [-0.4, -0.2) is 27.4 Å². The molecule has 0 fully saturated rings. The van der Waals surface area contributed by atoms with Crippen LogP contribution in [0.25, 0.3) is 20.4 Å². The number of anilines is 1. The summed E-state index contributed by atoms with van der Waals surface area (Å²) in [6, 6.07) is 5.67. The van der Waals surface area contributed by atoms with Crippen LogP contribution in [0.3, 0.4) is 0 Å². The number of thiazole rings is 2. The average Bonchev–Trinajstić information content (AvgIpc) is 3.22. The van der Waals surface area contributed by atoms with Gasteiger partial charge in [0, 0.05) is 19.2 Å². The Hall–Kier alpha value is -2.65. The summed E-state index contributed by atoms with van der Waals surface area (Å²) in [7, 11) is 0. The lowest BCUT2D eigenvalue weighted by molar-refractivity contribution is 0.205. The van der Waals surface area contributed by atoms with Crippen molar-refractivity contribution in [1.82, 2.24) is 14.9 Å². The first kappa shape index (κ1) is 17.4. The minimum Gasteiger partial charge on any atom is -0.320 e. The first-order chi connectivity index (χ1) is 13.5. The van der Waals surface area contributed by atoms with Crippen LogP contribution in [0.5, 0.6) is 0 Å². The summed E-state index contributed by atoms with van der Waals surface area (Å²) >= 11 is 3.01. The average molecular weight is 416 g/mol. The van der Waals surface area contributed by atoms with Crippen LogP contribution in [0.2, 0.25) is 0 Å². The zero-order valence-electron chi connectivity index (χ0n) is 14.8. The van der Waals surface area contributed by atoms with Crippen LogP contribution in [0.1, 0.15) is 16.1 Å². The number of nitrogens with one attached hydrogen (secondary N) is 1. The maximum atomic E-state index is 13.9. The number of hydrogen-bond acceptors (Lipinski definition) is 5. The number of aromatic nitrogens is 2. The van der Waals surface area contributed by atoms with Gasteiger partial charge in [0.1, 0.15) is 11.6 Å². The summed E-state index contributed by atoms with van der Waals surface area (Å²) in [5.74, 6) is -1.18. The normalized spacial score (nSPS) is 13.9. The second-order valence-corrected chi connectivity index (χ2v) is 8.84. The van der Waals surface area contributed by atoms with E-state index in [1.807, 2.05) is 19.1 Å². The summed E-state index contributed by atoms with van der Waals surface area (Å²) < 4.78 is 29.4. The van der Waals surface area contributed by atoms with Gasteiger partial charge in [-0.3, -0.25) is 5.32 Å². The SMILES string of the molecule is Cc1nc2ccc3nc(NC(=O)N4CCc5c(F)cc(F)cc5C4)sc3c2s1. The number of carbonyl (C=O) groups excluding carboxylic acids is 1. The van der Waals surface area contributed by atoms with Crippen molar-refractivity contribution in [3.8, 4) is 0 Å². The number of hydrogen-bond donors (Lipinski definition) is 1. The molecule has 0 aliphatic carbocycles. The Morgan fingerprint density at radius 1 is 1.14 bits per heavy atom. The Morgan fingerprint density at radius 2 is 1.89 bits per heavy atom. The highest BCUT2D eigenvalue weighted by Gasteiger charge is 2.24. The van der Waals surface area contributed by atoms with Gasteiger partial charge in [0.15, 0.2) is 5.13 Å². The van der Waals surface area contributed by atoms with Crippen LogP contribution in [0.4, 0.5) is 18.7 Å². The maximum Gasteiger partial charge on any atom is 0.323 e. The van der Waals surface area contributed by atoms with Gasteiger partial charge in [-0.05, 0) is 42.7 Å². The van der Waals surface area contributed by atoms with Crippen molar-refractivity contribution in [2.75, 3.05) is 11.9 Å². The molecule has 28 heavy (non-hydrogen) atoms. The molecule has 2 aromatic heterocycles. The number of amides is 2. The fraction of sp³-hybridized carbons (Fsp3) is 0.211. The van der Waals surface area contributed by atoms with Gasteiger partial charge in [0.2, 0.25) is 0 Å². The second kappa shape index (κ2) is 6.46. The van der Waals surface area contributed by atoms with E-state index in [9.17, 15) is 13.6 Å². The summed E-state index contributed by atoms with van der Waals surface area (Å²) in [5.41, 5.74) is 2.72. The van der Waals surface area contributed by atoms with E-state index in [2.05, 4.69) is 15.3 Å². The van der Waals surface area contributed by atoms with E-state index < -0.39 is 11.6 Å². The number of rotatable bonds is 1. The maximum absolute atomic E-state index is 13.9. The van der Waals surface area contributed by atoms with E-state index in [1.165, 1.54) is 17.4 Å². The largest absolute Gasteiger partial charge is 0.323 e. The summed E-state index contributed by atoms with van der Waals surface area (Å²) in [4.78, 5) is 23.2. The van der Waals surface area contributed by atoms with Crippen molar-refractivity contribution in [3.05, 3.63) is 52.0 Å². The standard InChI is InChI=1S/C19H14F2N4OS2/c1-9-22-14-2-3-15-17(16(14)27-9)28-18(23-15)24-19(26)25-5-4-12-10(8-25)6-11(20)7-13(12)21/h2-3,6-7H,4-5,8H2,1H3,(H,23,24,26). The van der Waals surface area contributed by atoms with Crippen molar-refractivity contribution in [2.24, 2.45) is 0 Å². The van der Waals surface area contributed by atoms with Crippen LogP contribution >= 0.6 is 22.7 Å². The Bertz CT molecular complexity index is 1250. The van der Waals surface area contributed by atoms with E-state index in [4.69, 9.17) is 0 Å². The van der Waals surface area contributed by atoms with Crippen LogP contribution < -0.4 is 5.32 Å². The molecule has 1 N–H and O–H groups in total. The third-order valence-electron chi connectivity index (χ3n) is 4.77. The molecule has 0 spiro atoms. The predicted octanol–water partition coefficient (Wildman–Crippen LogP) is 5.08. The topological polar surface area (TPSA) is 58.1 Å². The van der Waals surface area contributed by atoms with Crippen LogP contribution in [-0.2, 0) is 13.0 Å². The quantitative estimate of drug-likeness (QED) is 0.471. The molecule has 0 radical (unpaired) electrons. The second-order valence-electron chi connectivity index (χ2n) is 6.64. The van der Waals surface area contributed by atoms with Gasteiger partial charge in [0.05, 0.1) is 25.4 Å². The zero-order chi connectivity index (χ0) is 19.4. The number of halogens is 2. The molecule has 3 heterocycles. The zero-order valence-corrected chi connectivity index (χ0v) is 16.4. The number of carbonyl (C=O) groups is 1. The fourth-order valence-corrected chi connectivity index (χ4v) is 5.49. The number of fused-ring (bicyclic) bond motifs is 4. The molecule has 0 unspecified atom stereocenters. The lowest BCUT2D eigenvalue weighted by atomic mass is 9.99. The number of benzene rings is 2. The van der Waals surface area contributed by atoms with Gasteiger partial charge in [-0.2, -0.15) is 0 Å². The van der Waals surface area contributed by atoms with E-state index in [-0.39, 0.29) is 12.6 Å². The molecule has 0 bridgehead atoms. The van der Waals surface area contributed by atoms with Crippen molar-refractivity contribution in [1.29, 1.82) is 0 Å². The van der Waals surface area contributed by atoms with E-state index in [1.54, 1.807) is 16.2 Å². The molecule has 9 heteroatoms. The molecule has 4 aromatic rings. The van der Waals surface area contributed by atoms with Crippen molar-refractivity contribution < 1.29 is 13.6 Å². The van der Waals surface area contributed by atoms with Gasteiger partial charge in [-0.25, -0.2) is 23.5 Å². The molecule has 0 atom stereocenters. The highest BCUT2D eigenvalue weighted by atomic mass is 32.1. The third-order valence-corrected chi connectivity index (χ3v) is 6.90. The first-order valence-electron chi connectivity index (χ1n) is 8.67. The molecule has 142 valence electrons. The smallest absolute Gasteiger partial charge is 0.320 e. The molecule has 0 saturated carbocycles. The van der Waals surface area contributed by atoms with E-state index in [0.29, 0.717) is 29.2 Å². The van der Waals surface area contributed by atoms with Crippen molar-refractivity contribution in [2.45, 2.75) is 19.9 Å². The Labute approximate surface area is 166 Å². The molecule has 1 aliphatic heterocycles. The molecule has 5 rings (SSSR count). The minimum atomic E-state index is -0.631. The summed E-state index contributed by atoms with van der Waals surface area (Å²) in [6.07, 6.45) is 0.357. The van der Waals surface area contributed by atoms with Gasteiger partial charge >= 0.3 is 6.03 Å². The van der Waals surface area contributed by atoms with Crippen LogP contribution in [0, 0.1) is 18.6 Å². The summed E-state index contributed by atoms with van der Waals surface area (Å²) in [5, 5.41) is 4.30. The molecule has 0 saturated heterocycles.